The van der Waals surface area contributed by atoms with E-state index < -0.39 is 0 Å². The molecule has 0 spiro atoms. The minimum atomic E-state index is 1.25. The lowest BCUT2D eigenvalue weighted by atomic mass is 10.1. The molecular formula is C13H25N. The van der Waals surface area contributed by atoms with Crippen molar-refractivity contribution in [2.24, 2.45) is 0 Å². The predicted molar refractivity (Wildman–Crippen MR) is 63.6 cm³/mol. The molecule has 2 aliphatic rings. The molecule has 1 fully saturated rings. The maximum atomic E-state index is 3.28. The first-order chi connectivity index (χ1) is 7.00. The van der Waals surface area contributed by atoms with E-state index in [1.54, 1.807) is 0 Å². The van der Waals surface area contributed by atoms with Crippen molar-refractivity contribution in [1.82, 2.24) is 5.32 Å². The van der Waals surface area contributed by atoms with Crippen LogP contribution in [0.5, 0.6) is 0 Å². The molecule has 0 unspecified atom stereocenters. The van der Waals surface area contributed by atoms with Crippen LogP contribution in [0.15, 0.2) is 12.2 Å². The molecule has 0 aromatic rings. The molecule has 1 aliphatic heterocycles. The van der Waals surface area contributed by atoms with Gasteiger partial charge in [0.1, 0.15) is 0 Å². The van der Waals surface area contributed by atoms with Crippen LogP contribution in [-0.4, -0.2) is 13.1 Å². The molecule has 2 rings (SSSR count). The Morgan fingerprint density at radius 1 is 0.571 bits per heavy atom. The van der Waals surface area contributed by atoms with E-state index in [9.17, 15) is 0 Å². The predicted octanol–water partition coefficient (Wildman–Crippen LogP) is 3.66. The molecule has 1 saturated heterocycles. The Kier molecular flexibility index (Phi) is 7.79. The number of hydrogen-bond donors (Lipinski definition) is 1. The van der Waals surface area contributed by atoms with Crippen LogP contribution >= 0.6 is 0 Å². The molecule has 1 aliphatic carbocycles. The minimum Gasteiger partial charge on any atom is -0.317 e. The minimum absolute atomic E-state index is 1.25. The van der Waals surface area contributed by atoms with E-state index in [-0.39, 0.29) is 0 Å². The highest BCUT2D eigenvalue weighted by Gasteiger charge is 1.93. The highest BCUT2D eigenvalue weighted by atomic mass is 14.9. The average molecular weight is 195 g/mol. The zero-order valence-electron chi connectivity index (χ0n) is 9.43. The lowest BCUT2D eigenvalue weighted by molar-refractivity contribution is 0.520. The van der Waals surface area contributed by atoms with E-state index in [0.717, 1.165) is 0 Å². The van der Waals surface area contributed by atoms with Crippen molar-refractivity contribution in [3.05, 3.63) is 12.2 Å². The molecule has 0 aromatic carbocycles. The van der Waals surface area contributed by atoms with Gasteiger partial charge in [0.2, 0.25) is 0 Å². The van der Waals surface area contributed by atoms with Gasteiger partial charge in [-0.15, -0.1) is 0 Å². The Balaban J connectivity index is 0.000000146. The first kappa shape index (κ1) is 11.8. The van der Waals surface area contributed by atoms with Crippen molar-refractivity contribution < 1.29 is 0 Å². The Hall–Kier alpha value is -0.300. The summed E-state index contributed by atoms with van der Waals surface area (Å²) in [5.41, 5.74) is 0. The molecule has 0 atom stereocenters. The standard InChI is InChI=1S/C8H14.C5H11N/c1-2-4-6-8-7-5-3-1;1-2-4-6-5-3-1/h1-2H,3-8H2;6H,1-5H2. The van der Waals surface area contributed by atoms with E-state index in [4.69, 9.17) is 0 Å². The van der Waals surface area contributed by atoms with Crippen LogP contribution in [0.1, 0.15) is 57.8 Å². The maximum absolute atomic E-state index is 3.28. The van der Waals surface area contributed by atoms with Crippen LogP contribution in [0.4, 0.5) is 0 Å². The van der Waals surface area contributed by atoms with Crippen LogP contribution < -0.4 is 5.32 Å². The van der Waals surface area contributed by atoms with Crippen molar-refractivity contribution in [3.63, 3.8) is 0 Å². The summed E-state index contributed by atoms with van der Waals surface area (Å²) in [6, 6.07) is 0. The fourth-order valence-corrected chi connectivity index (χ4v) is 1.92. The average Bonchev–Trinajstić information content (AvgIpc) is 2.20. The largest absolute Gasteiger partial charge is 0.317 e. The summed E-state index contributed by atoms with van der Waals surface area (Å²) < 4.78 is 0. The Bertz CT molecular complexity index is 115. The van der Waals surface area contributed by atoms with E-state index >= 15 is 0 Å². The summed E-state index contributed by atoms with van der Waals surface area (Å²) in [6.07, 6.45) is 17.2. The van der Waals surface area contributed by atoms with Gasteiger partial charge in [-0.3, -0.25) is 0 Å². The highest BCUT2D eigenvalue weighted by Crippen LogP contribution is 2.09. The van der Waals surface area contributed by atoms with Crippen LogP contribution in [0.3, 0.4) is 0 Å². The molecule has 0 radical (unpaired) electrons. The van der Waals surface area contributed by atoms with E-state index in [0.29, 0.717) is 0 Å². The van der Waals surface area contributed by atoms with Gasteiger partial charge in [-0.2, -0.15) is 0 Å². The number of nitrogens with one attached hydrogen (secondary N) is 1. The van der Waals surface area contributed by atoms with Crippen LogP contribution in [0, 0.1) is 0 Å². The summed E-state index contributed by atoms with van der Waals surface area (Å²) in [7, 11) is 0. The number of rotatable bonds is 0. The quantitative estimate of drug-likeness (QED) is 0.582. The van der Waals surface area contributed by atoms with Gasteiger partial charge in [0.25, 0.3) is 0 Å². The zero-order valence-corrected chi connectivity index (χ0v) is 9.43. The molecule has 0 bridgehead atoms. The van der Waals surface area contributed by atoms with Gasteiger partial charge in [-0.25, -0.2) is 0 Å². The normalized spacial score (nSPS) is 22.9. The lowest BCUT2D eigenvalue weighted by Crippen LogP contribution is -2.21. The molecule has 0 amide bonds. The third kappa shape index (κ3) is 7.14. The topological polar surface area (TPSA) is 12.0 Å². The second-order valence-corrected chi connectivity index (χ2v) is 4.27. The molecule has 1 N–H and O–H groups in total. The van der Waals surface area contributed by atoms with Crippen molar-refractivity contribution in [2.75, 3.05) is 13.1 Å². The first-order valence-corrected chi connectivity index (χ1v) is 6.36. The summed E-state index contributed by atoms with van der Waals surface area (Å²) in [5.74, 6) is 0. The summed E-state index contributed by atoms with van der Waals surface area (Å²) >= 11 is 0. The fraction of sp³-hybridized carbons (Fsp3) is 0.846. The van der Waals surface area contributed by atoms with Gasteiger partial charge in [0.05, 0.1) is 0 Å². The van der Waals surface area contributed by atoms with Crippen molar-refractivity contribution >= 4 is 0 Å². The smallest absolute Gasteiger partial charge is 0.00489 e. The third-order valence-electron chi connectivity index (χ3n) is 2.87. The Labute approximate surface area is 89.0 Å². The second-order valence-electron chi connectivity index (χ2n) is 4.27. The van der Waals surface area contributed by atoms with Crippen molar-refractivity contribution in [2.45, 2.75) is 57.8 Å². The highest BCUT2D eigenvalue weighted by molar-refractivity contribution is 4.82. The summed E-state index contributed by atoms with van der Waals surface area (Å²) in [4.78, 5) is 0. The zero-order chi connectivity index (χ0) is 9.90. The summed E-state index contributed by atoms with van der Waals surface area (Å²) in [6.45, 7) is 2.50. The van der Waals surface area contributed by atoms with Gasteiger partial charge < -0.3 is 5.32 Å². The van der Waals surface area contributed by atoms with Crippen LogP contribution in [-0.2, 0) is 0 Å². The Morgan fingerprint density at radius 2 is 1.07 bits per heavy atom. The molecule has 14 heavy (non-hydrogen) atoms. The van der Waals surface area contributed by atoms with Gasteiger partial charge in [0.15, 0.2) is 0 Å². The molecule has 0 saturated carbocycles. The number of allylic oxidation sites excluding steroid dienone is 2. The second kappa shape index (κ2) is 9.26. The molecule has 0 aromatic heterocycles. The molecule has 82 valence electrons. The van der Waals surface area contributed by atoms with E-state index in [1.807, 2.05) is 0 Å². The molecule has 1 heteroatoms. The van der Waals surface area contributed by atoms with Gasteiger partial charge in [-0.05, 0) is 51.6 Å². The summed E-state index contributed by atoms with van der Waals surface area (Å²) in [5, 5.41) is 3.28. The molecule has 1 nitrogen and oxygen atoms in total. The third-order valence-corrected chi connectivity index (χ3v) is 2.87. The van der Waals surface area contributed by atoms with Crippen LogP contribution in [0.25, 0.3) is 0 Å². The monoisotopic (exact) mass is 195 g/mol. The number of hydrogen-bond acceptors (Lipinski definition) is 1. The van der Waals surface area contributed by atoms with E-state index in [2.05, 4.69) is 17.5 Å². The van der Waals surface area contributed by atoms with Gasteiger partial charge in [0, 0.05) is 0 Å². The van der Waals surface area contributed by atoms with Gasteiger partial charge >= 0.3 is 0 Å². The van der Waals surface area contributed by atoms with Crippen molar-refractivity contribution in [1.29, 1.82) is 0 Å². The first-order valence-electron chi connectivity index (χ1n) is 6.36. The maximum Gasteiger partial charge on any atom is -0.00489 e. The lowest BCUT2D eigenvalue weighted by Gasteiger charge is -2.08. The van der Waals surface area contributed by atoms with Crippen LogP contribution in [0.2, 0.25) is 0 Å². The molecule has 1 heterocycles. The van der Waals surface area contributed by atoms with Gasteiger partial charge in [-0.1, -0.05) is 31.4 Å². The van der Waals surface area contributed by atoms with E-state index in [1.165, 1.54) is 70.9 Å². The Morgan fingerprint density at radius 3 is 1.43 bits per heavy atom. The fourth-order valence-electron chi connectivity index (χ4n) is 1.92. The number of piperidine rings is 1. The van der Waals surface area contributed by atoms with Crippen molar-refractivity contribution in [3.8, 4) is 0 Å². The molecular weight excluding hydrogens is 170 g/mol. The SMILES string of the molecule is C1=CCCCCCC1.C1CCNCC1.